The maximum absolute atomic E-state index is 11.8. The van der Waals surface area contributed by atoms with Crippen LogP contribution in [0.2, 0.25) is 0 Å². The average molecular weight is 248 g/mol. The van der Waals surface area contributed by atoms with E-state index in [1.807, 2.05) is 6.07 Å². The molecule has 2 nitrogen and oxygen atoms in total. The molecule has 0 unspecified atom stereocenters. The summed E-state index contributed by atoms with van der Waals surface area (Å²) in [5, 5.41) is 8.51. The van der Waals surface area contributed by atoms with Crippen molar-refractivity contribution < 1.29 is 13.5 Å². The van der Waals surface area contributed by atoms with Gasteiger partial charge in [0.15, 0.2) is 0 Å². The molecule has 0 aromatic heterocycles. The van der Waals surface area contributed by atoms with Gasteiger partial charge in [-0.15, -0.1) is 0 Å². The summed E-state index contributed by atoms with van der Waals surface area (Å²) in [4.78, 5) is 0. The monoisotopic (exact) mass is 247 g/mol. The van der Waals surface area contributed by atoms with E-state index < -0.39 is 6.61 Å². The molecule has 1 aromatic rings. The minimum atomic E-state index is -2.87. The third-order valence-corrected chi connectivity index (χ3v) is 1.68. The van der Waals surface area contributed by atoms with E-state index in [0.29, 0.717) is 4.47 Å². The van der Waals surface area contributed by atoms with Crippen molar-refractivity contribution in [1.29, 1.82) is 5.26 Å². The van der Waals surface area contributed by atoms with Crippen molar-refractivity contribution in [3.8, 4) is 11.8 Å². The maximum Gasteiger partial charge on any atom is 0.387 e. The number of hydrogen-bond donors (Lipinski definition) is 0. The van der Waals surface area contributed by atoms with Crippen LogP contribution in [-0.4, -0.2) is 6.61 Å². The summed E-state index contributed by atoms with van der Waals surface area (Å²) >= 11 is 3.07. The van der Waals surface area contributed by atoms with Crippen LogP contribution in [-0.2, 0) is 0 Å². The van der Waals surface area contributed by atoms with Gasteiger partial charge in [-0.1, -0.05) is 15.9 Å². The molecule has 0 fully saturated rings. The van der Waals surface area contributed by atoms with Crippen LogP contribution in [0, 0.1) is 11.3 Å². The van der Waals surface area contributed by atoms with Crippen molar-refractivity contribution in [3.05, 3.63) is 28.2 Å². The van der Waals surface area contributed by atoms with E-state index in [1.54, 1.807) is 0 Å². The zero-order chi connectivity index (χ0) is 9.84. The second-order valence-corrected chi connectivity index (χ2v) is 3.08. The molecule has 0 radical (unpaired) electrons. The summed E-state index contributed by atoms with van der Waals surface area (Å²) in [6.45, 7) is -2.87. The normalized spacial score (nSPS) is 9.77. The molecule has 1 rings (SSSR count). The molecule has 0 N–H and O–H groups in total. The van der Waals surface area contributed by atoms with Gasteiger partial charge >= 0.3 is 6.61 Å². The lowest BCUT2D eigenvalue weighted by atomic mass is 10.2. The van der Waals surface area contributed by atoms with Crippen LogP contribution in [0.15, 0.2) is 22.7 Å². The predicted molar refractivity (Wildman–Crippen MR) is 45.5 cm³/mol. The zero-order valence-electron chi connectivity index (χ0n) is 6.30. The first-order valence-corrected chi connectivity index (χ1v) is 4.06. The van der Waals surface area contributed by atoms with E-state index in [2.05, 4.69) is 20.7 Å². The van der Waals surface area contributed by atoms with Crippen molar-refractivity contribution in [2.75, 3.05) is 0 Å². The van der Waals surface area contributed by atoms with Gasteiger partial charge in [0.25, 0.3) is 0 Å². The van der Waals surface area contributed by atoms with Gasteiger partial charge < -0.3 is 4.74 Å². The first-order valence-electron chi connectivity index (χ1n) is 3.27. The van der Waals surface area contributed by atoms with E-state index in [1.165, 1.54) is 18.2 Å². The van der Waals surface area contributed by atoms with E-state index in [0.717, 1.165) is 0 Å². The summed E-state index contributed by atoms with van der Waals surface area (Å²) in [5.41, 5.74) is 0.269. The standard InChI is InChI=1S/C8H4BrF2NO/c9-6-1-5(4-12)2-7(3-6)13-8(10)11/h1-3,8H. The van der Waals surface area contributed by atoms with Crippen molar-refractivity contribution in [3.63, 3.8) is 0 Å². The number of halogens is 3. The Kier molecular flexibility index (Phi) is 3.20. The molecule has 0 saturated heterocycles. The molecule has 0 saturated carbocycles. The van der Waals surface area contributed by atoms with Crippen LogP contribution >= 0.6 is 15.9 Å². The van der Waals surface area contributed by atoms with Gasteiger partial charge in [0.1, 0.15) is 5.75 Å². The molecule has 1 aromatic carbocycles. The van der Waals surface area contributed by atoms with Gasteiger partial charge in [0.2, 0.25) is 0 Å². The summed E-state index contributed by atoms with van der Waals surface area (Å²) in [5.74, 6) is -0.0269. The number of rotatable bonds is 2. The Labute approximate surface area is 81.9 Å². The summed E-state index contributed by atoms with van der Waals surface area (Å²) < 4.78 is 28.2. The predicted octanol–water partition coefficient (Wildman–Crippen LogP) is 2.92. The molecule has 5 heteroatoms. The number of benzene rings is 1. The molecule has 0 heterocycles. The number of hydrogen-bond acceptors (Lipinski definition) is 2. The first-order chi connectivity index (χ1) is 6.11. The number of nitrogens with zero attached hydrogens (tertiary/aromatic N) is 1. The SMILES string of the molecule is N#Cc1cc(Br)cc(OC(F)F)c1. The Morgan fingerprint density at radius 3 is 2.62 bits per heavy atom. The van der Waals surface area contributed by atoms with Crippen LogP contribution in [0.3, 0.4) is 0 Å². The molecule has 0 aliphatic carbocycles. The highest BCUT2D eigenvalue weighted by Gasteiger charge is 2.05. The van der Waals surface area contributed by atoms with E-state index in [4.69, 9.17) is 5.26 Å². The van der Waals surface area contributed by atoms with E-state index in [-0.39, 0.29) is 11.3 Å². The fourth-order valence-corrected chi connectivity index (χ4v) is 1.27. The average Bonchev–Trinajstić information content (AvgIpc) is 2.01. The Balaban J connectivity index is 2.96. The van der Waals surface area contributed by atoms with Crippen molar-refractivity contribution in [1.82, 2.24) is 0 Å². The lowest BCUT2D eigenvalue weighted by Gasteiger charge is -2.04. The van der Waals surface area contributed by atoms with Gasteiger partial charge in [-0.25, -0.2) is 0 Å². The van der Waals surface area contributed by atoms with Crippen molar-refractivity contribution >= 4 is 15.9 Å². The Morgan fingerprint density at radius 1 is 1.38 bits per heavy atom. The molecule has 13 heavy (non-hydrogen) atoms. The molecular weight excluding hydrogens is 244 g/mol. The van der Waals surface area contributed by atoms with Gasteiger partial charge in [-0.3, -0.25) is 0 Å². The van der Waals surface area contributed by atoms with Crippen LogP contribution in [0.4, 0.5) is 8.78 Å². The number of alkyl halides is 2. The summed E-state index contributed by atoms with van der Waals surface area (Å²) in [6, 6.07) is 5.95. The smallest absolute Gasteiger partial charge is 0.387 e. The number of nitriles is 1. The molecule has 0 atom stereocenters. The van der Waals surface area contributed by atoms with Crippen LogP contribution < -0.4 is 4.74 Å². The van der Waals surface area contributed by atoms with E-state index in [9.17, 15) is 8.78 Å². The second-order valence-electron chi connectivity index (χ2n) is 2.17. The van der Waals surface area contributed by atoms with Crippen LogP contribution in [0.25, 0.3) is 0 Å². The van der Waals surface area contributed by atoms with Gasteiger partial charge in [-0.05, 0) is 18.2 Å². The lowest BCUT2D eigenvalue weighted by molar-refractivity contribution is -0.0498. The molecule has 0 aliphatic rings. The summed E-state index contributed by atoms with van der Waals surface area (Å²) in [7, 11) is 0. The topological polar surface area (TPSA) is 33.0 Å². The molecule has 0 amide bonds. The minimum Gasteiger partial charge on any atom is -0.435 e. The first kappa shape index (κ1) is 9.93. The highest BCUT2D eigenvalue weighted by Crippen LogP contribution is 2.22. The molecule has 68 valence electrons. The molecular formula is C8H4BrF2NO. The van der Waals surface area contributed by atoms with Gasteiger partial charge in [0.05, 0.1) is 11.6 Å². The van der Waals surface area contributed by atoms with Crippen LogP contribution in [0.1, 0.15) is 5.56 Å². The van der Waals surface area contributed by atoms with E-state index >= 15 is 0 Å². The highest BCUT2D eigenvalue weighted by atomic mass is 79.9. The largest absolute Gasteiger partial charge is 0.435 e. The zero-order valence-corrected chi connectivity index (χ0v) is 7.88. The second kappa shape index (κ2) is 4.19. The summed E-state index contributed by atoms with van der Waals surface area (Å²) in [6.07, 6.45) is 0. The highest BCUT2D eigenvalue weighted by molar-refractivity contribution is 9.10. The third kappa shape index (κ3) is 2.99. The molecule has 0 aliphatic heterocycles. The quantitative estimate of drug-likeness (QED) is 0.806. The Morgan fingerprint density at radius 2 is 2.08 bits per heavy atom. The maximum atomic E-state index is 11.8. The third-order valence-electron chi connectivity index (χ3n) is 1.23. The molecule has 0 spiro atoms. The lowest BCUT2D eigenvalue weighted by Crippen LogP contribution is -2.01. The van der Waals surface area contributed by atoms with Crippen LogP contribution in [0.5, 0.6) is 5.75 Å². The van der Waals surface area contributed by atoms with Gasteiger partial charge in [0, 0.05) is 4.47 Å². The van der Waals surface area contributed by atoms with Crippen molar-refractivity contribution in [2.24, 2.45) is 0 Å². The minimum absolute atomic E-state index is 0.0269. The van der Waals surface area contributed by atoms with Gasteiger partial charge in [-0.2, -0.15) is 14.0 Å². The fourth-order valence-electron chi connectivity index (χ4n) is 0.798. The molecule has 0 bridgehead atoms. The Hall–Kier alpha value is -1.15. The number of ether oxygens (including phenoxy) is 1. The fraction of sp³-hybridized carbons (Fsp3) is 0.125. The van der Waals surface area contributed by atoms with Crippen molar-refractivity contribution in [2.45, 2.75) is 6.61 Å². The Bertz CT molecular complexity index is 348.